The van der Waals surface area contributed by atoms with E-state index >= 15 is 0 Å². The molecule has 0 radical (unpaired) electrons. The highest BCUT2D eigenvalue weighted by Gasteiger charge is 2.48. The van der Waals surface area contributed by atoms with Crippen LogP contribution in [-0.2, 0) is 17.8 Å². The Balaban J connectivity index is 1.56. The van der Waals surface area contributed by atoms with Crippen molar-refractivity contribution in [1.82, 2.24) is 10.2 Å². The number of hydrogen-bond donors (Lipinski definition) is 2. The van der Waals surface area contributed by atoms with Crippen molar-refractivity contribution in [1.29, 1.82) is 0 Å². The van der Waals surface area contributed by atoms with Crippen LogP contribution in [0.1, 0.15) is 43.4 Å². The van der Waals surface area contributed by atoms with E-state index < -0.39 is 0 Å². The van der Waals surface area contributed by atoms with Gasteiger partial charge in [-0.15, -0.1) is 0 Å². The normalized spacial score (nSPS) is 38.5. The fourth-order valence-electron chi connectivity index (χ4n) is 5.52. The van der Waals surface area contributed by atoms with E-state index in [9.17, 15) is 0 Å². The van der Waals surface area contributed by atoms with Crippen molar-refractivity contribution in [2.75, 3.05) is 12.8 Å². The van der Waals surface area contributed by atoms with E-state index in [4.69, 9.17) is 10.5 Å². The molecule has 5 rings (SSSR count). The Labute approximate surface area is 120 Å². The molecule has 0 aliphatic heterocycles. The van der Waals surface area contributed by atoms with Crippen LogP contribution < -0.4 is 5.73 Å². The van der Waals surface area contributed by atoms with E-state index in [1.807, 2.05) is 0 Å². The maximum absolute atomic E-state index is 6.08. The lowest BCUT2D eigenvalue weighted by Crippen LogP contribution is -2.45. The Bertz CT molecular complexity index is 468. The molecular formula is C16H25N3O. The molecule has 3 N–H and O–H groups in total. The van der Waals surface area contributed by atoms with Crippen LogP contribution in [0.3, 0.4) is 0 Å². The van der Waals surface area contributed by atoms with Crippen molar-refractivity contribution in [3.8, 4) is 0 Å². The van der Waals surface area contributed by atoms with Crippen LogP contribution in [0.15, 0.2) is 0 Å². The second-order valence-corrected chi connectivity index (χ2v) is 7.30. The molecule has 4 fully saturated rings. The Morgan fingerprint density at radius 3 is 2.40 bits per heavy atom. The Morgan fingerprint density at radius 2 is 1.80 bits per heavy atom. The van der Waals surface area contributed by atoms with Gasteiger partial charge in [0.2, 0.25) is 0 Å². The third kappa shape index (κ3) is 1.96. The summed E-state index contributed by atoms with van der Waals surface area (Å²) in [7, 11) is 1.73. The summed E-state index contributed by atoms with van der Waals surface area (Å²) in [4.78, 5) is 0. The van der Waals surface area contributed by atoms with E-state index in [1.54, 1.807) is 7.11 Å². The lowest BCUT2D eigenvalue weighted by Gasteiger charge is -2.54. The fraction of sp³-hybridized carbons (Fsp3) is 0.812. The van der Waals surface area contributed by atoms with Crippen LogP contribution in [0.2, 0.25) is 0 Å². The molecule has 1 aromatic rings. The molecule has 1 aromatic heterocycles. The van der Waals surface area contributed by atoms with Crippen molar-refractivity contribution < 1.29 is 4.74 Å². The van der Waals surface area contributed by atoms with Crippen molar-refractivity contribution in [2.45, 2.75) is 45.1 Å². The second-order valence-electron chi connectivity index (χ2n) is 7.30. The summed E-state index contributed by atoms with van der Waals surface area (Å²) in [5.74, 6) is 5.47. The number of rotatable bonds is 4. The molecule has 0 unspecified atom stereocenters. The molecule has 4 heteroatoms. The largest absolute Gasteiger partial charge is 0.382 e. The molecule has 4 bridgehead atoms. The lowest BCUT2D eigenvalue weighted by atomic mass is 9.51. The highest BCUT2D eigenvalue weighted by Crippen LogP contribution is 2.57. The van der Waals surface area contributed by atoms with Gasteiger partial charge in [0.15, 0.2) is 0 Å². The number of methoxy groups -OCH3 is 1. The number of nitrogens with one attached hydrogen (secondary N) is 1. The van der Waals surface area contributed by atoms with Gasteiger partial charge in [-0.1, -0.05) is 0 Å². The van der Waals surface area contributed by atoms with E-state index in [1.165, 1.54) is 37.7 Å². The molecular weight excluding hydrogens is 250 g/mol. The smallest absolute Gasteiger partial charge is 0.148 e. The van der Waals surface area contributed by atoms with Crippen molar-refractivity contribution in [3.63, 3.8) is 0 Å². The molecule has 4 aliphatic rings. The first-order chi connectivity index (χ1) is 9.74. The number of aromatic amines is 1. The van der Waals surface area contributed by atoms with E-state index in [0.717, 1.165) is 41.7 Å². The van der Waals surface area contributed by atoms with Gasteiger partial charge in [0, 0.05) is 12.7 Å². The monoisotopic (exact) mass is 275 g/mol. The van der Waals surface area contributed by atoms with Crippen molar-refractivity contribution in [3.05, 3.63) is 11.3 Å². The molecule has 0 amide bonds. The van der Waals surface area contributed by atoms with Crippen LogP contribution in [0.25, 0.3) is 0 Å². The minimum atomic E-state index is 0.590. The van der Waals surface area contributed by atoms with Gasteiger partial charge >= 0.3 is 0 Å². The molecule has 1 heterocycles. The van der Waals surface area contributed by atoms with Crippen LogP contribution >= 0.6 is 0 Å². The average Bonchev–Trinajstić information content (AvgIpc) is 2.75. The third-order valence-electron chi connectivity index (χ3n) is 6.14. The highest BCUT2D eigenvalue weighted by atomic mass is 16.5. The van der Waals surface area contributed by atoms with Gasteiger partial charge in [-0.2, -0.15) is 5.10 Å². The summed E-state index contributed by atoms with van der Waals surface area (Å²) < 4.78 is 5.26. The Morgan fingerprint density at radius 1 is 1.15 bits per heavy atom. The SMILES string of the molecule is COCc1[nH]nc(N)c1CC1C2CC3CC(C2)CC1C3. The minimum absolute atomic E-state index is 0.590. The number of anilines is 1. The first-order valence-corrected chi connectivity index (χ1v) is 8.05. The molecule has 4 aliphatic carbocycles. The van der Waals surface area contributed by atoms with Gasteiger partial charge in [0.25, 0.3) is 0 Å². The van der Waals surface area contributed by atoms with E-state index in [2.05, 4.69) is 10.2 Å². The summed E-state index contributed by atoms with van der Waals surface area (Å²) in [5.41, 5.74) is 8.39. The van der Waals surface area contributed by atoms with Crippen LogP contribution in [-0.4, -0.2) is 17.3 Å². The number of nitrogens with two attached hydrogens (primary N) is 1. The zero-order chi connectivity index (χ0) is 13.7. The number of aromatic nitrogens is 2. The van der Waals surface area contributed by atoms with Gasteiger partial charge < -0.3 is 10.5 Å². The van der Waals surface area contributed by atoms with Crippen LogP contribution in [0.4, 0.5) is 5.82 Å². The molecule has 4 nitrogen and oxygen atoms in total. The zero-order valence-corrected chi connectivity index (χ0v) is 12.3. The molecule has 0 aromatic carbocycles. The van der Waals surface area contributed by atoms with Gasteiger partial charge in [0.1, 0.15) is 5.82 Å². The van der Waals surface area contributed by atoms with Gasteiger partial charge in [-0.05, 0) is 68.1 Å². The quantitative estimate of drug-likeness (QED) is 0.888. The summed E-state index contributed by atoms with van der Waals surface area (Å²) in [5, 5.41) is 7.24. The molecule has 110 valence electrons. The number of nitrogen functional groups attached to an aromatic ring is 1. The first kappa shape index (κ1) is 12.7. The maximum atomic E-state index is 6.08. The average molecular weight is 275 g/mol. The van der Waals surface area contributed by atoms with Gasteiger partial charge in [-0.3, -0.25) is 5.10 Å². The lowest BCUT2D eigenvalue weighted by molar-refractivity contribution is -0.0360. The topological polar surface area (TPSA) is 63.9 Å². The van der Waals surface area contributed by atoms with Crippen molar-refractivity contribution >= 4 is 5.82 Å². The van der Waals surface area contributed by atoms with E-state index in [0.29, 0.717) is 12.4 Å². The summed E-state index contributed by atoms with van der Waals surface area (Å²) >= 11 is 0. The molecule has 0 atom stereocenters. The Hall–Kier alpha value is -1.03. The molecule has 20 heavy (non-hydrogen) atoms. The highest BCUT2D eigenvalue weighted by molar-refractivity contribution is 5.42. The number of nitrogens with zero attached hydrogens (tertiary/aromatic N) is 1. The number of H-pyrrole nitrogens is 1. The van der Waals surface area contributed by atoms with Crippen LogP contribution in [0.5, 0.6) is 0 Å². The standard InChI is InChI=1S/C16H25N3O/c1-20-8-15-14(16(17)19-18-15)7-13-11-3-9-2-10(5-11)6-12(13)4-9/h9-13H,2-8H2,1H3,(H3,17,18,19). The Kier molecular flexibility index (Phi) is 3.02. The molecule has 0 spiro atoms. The fourth-order valence-corrected chi connectivity index (χ4v) is 5.52. The van der Waals surface area contributed by atoms with Gasteiger partial charge in [0.05, 0.1) is 12.3 Å². The van der Waals surface area contributed by atoms with Gasteiger partial charge in [-0.25, -0.2) is 0 Å². The zero-order valence-electron chi connectivity index (χ0n) is 12.3. The number of ether oxygens (including phenoxy) is 1. The predicted octanol–water partition coefficient (Wildman–Crippen LogP) is 2.75. The number of hydrogen-bond acceptors (Lipinski definition) is 3. The molecule has 4 saturated carbocycles. The first-order valence-electron chi connectivity index (χ1n) is 8.05. The summed E-state index contributed by atoms with van der Waals surface area (Å²) in [6.07, 6.45) is 8.49. The summed E-state index contributed by atoms with van der Waals surface area (Å²) in [6.45, 7) is 0.590. The summed E-state index contributed by atoms with van der Waals surface area (Å²) in [6, 6.07) is 0. The maximum Gasteiger partial charge on any atom is 0.148 e. The third-order valence-corrected chi connectivity index (χ3v) is 6.14. The second kappa shape index (κ2) is 4.76. The predicted molar refractivity (Wildman–Crippen MR) is 78.0 cm³/mol. The van der Waals surface area contributed by atoms with E-state index in [-0.39, 0.29) is 0 Å². The minimum Gasteiger partial charge on any atom is -0.382 e. The van der Waals surface area contributed by atoms with Crippen molar-refractivity contribution in [2.24, 2.45) is 29.6 Å². The van der Waals surface area contributed by atoms with Crippen LogP contribution in [0, 0.1) is 29.6 Å². The molecule has 0 saturated heterocycles.